The van der Waals surface area contributed by atoms with Crippen LogP contribution in [0.15, 0.2) is 52.9 Å². The maximum Gasteiger partial charge on any atom is 0.364 e. The Labute approximate surface area is 121 Å². The molecule has 0 atom stereocenters. The Morgan fingerprint density at radius 2 is 1.86 bits per heavy atom. The monoisotopic (exact) mass is 285 g/mol. The summed E-state index contributed by atoms with van der Waals surface area (Å²) in [5.41, 5.74) is 1.35. The standard InChI is InChI=1S/C17H13FO3/c1-2-20-17-10-16(11-3-6-13(19)7-4-11)21-15-8-5-12(18)9-14(15)17/h3-10H,2H2,1H3/p+1. The van der Waals surface area contributed by atoms with Gasteiger partial charge in [-0.25, -0.2) is 8.81 Å². The van der Waals surface area contributed by atoms with Gasteiger partial charge in [-0.3, -0.25) is 0 Å². The van der Waals surface area contributed by atoms with E-state index in [-0.39, 0.29) is 11.6 Å². The molecule has 3 nitrogen and oxygen atoms in total. The number of phenols is 1. The third-order valence-corrected chi connectivity index (χ3v) is 3.14. The van der Waals surface area contributed by atoms with Crippen LogP contribution in [0, 0.1) is 5.82 Å². The average Bonchev–Trinajstić information content (AvgIpc) is 2.48. The molecule has 0 radical (unpaired) electrons. The van der Waals surface area contributed by atoms with Crippen molar-refractivity contribution >= 4 is 11.0 Å². The fraction of sp³-hybridized carbons (Fsp3) is 0.118. The molecule has 3 aromatic rings. The Kier molecular flexibility index (Phi) is 3.44. The lowest BCUT2D eigenvalue weighted by Gasteiger charge is -2.04. The van der Waals surface area contributed by atoms with E-state index in [1.807, 2.05) is 6.92 Å². The van der Waals surface area contributed by atoms with Crippen LogP contribution < -0.4 is 4.74 Å². The molecular formula is C17H14FO3+. The molecule has 0 amide bonds. The zero-order valence-electron chi connectivity index (χ0n) is 11.5. The van der Waals surface area contributed by atoms with E-state index in [4.69, 9.17) is 9.15 Å². The molecule has 0 bridgehead atoms. The van der Waals surface area contributed by atoms with Crippen LogP contribution in [0.2, 0.25) is 0 Å². The summed E-state index contributed by atoms with van der Waals surface area (Å²) >= 11 is 0. The van der Waals surface area contributed by atoms with E-state index in [1.165, 1.54) is 12.1 Å². The fourth-order valence-electron chi connectivity index (χ4n) is 2.17. The van der Waals surface area contributed by atoms with Crippen molar-refractivity contribution in [3.05, 3.63) is 54.3 Å². The first-order valence-electron chi connectivity index (χ1n) is 6.66. The van der Waals surface area contributed by atoms with Gasteiger partial charge in [0.2, 0.25) is 0 Å². The summed E-state index contributed by atoms with van der Waals surface area (Å²) in [4.78, 5) is 0. The number of benzene rings is 2. The number of aromatic hydroxyl groups is 1. The zero-order valence-corrected chi connectivity index (χ0v) is 11.5. The Morgan fingerprint density at radius 1 is 1.10 bits per heavy atom. The van der Waals surface area contributed by atoms with Gasteiger partial charge in [-0.05, 0) is 43.3 Å². The topological polar surface area (TPSA) is 40.8 Å². The molecule has 0 spiro atoms. The summed E-state index contributed by atoms with van der Waals surface area (Å²) in [6.07, 6.45) is 0. The minimum Gasteiger partial charge on any atom is -0.508 e. The number of ether oxygens (including phenoxy) is 1. The Morgan fingerprint density at radius 3 is 2.57 bits per heavy atom. The molecule has 106 valence electrons. The van der Waals surface area contributed by atoms with E-state index in [9.17, 15) is 9.50 Å². The Bertz CT molecular complexity index is 782. The van der Waals surface area contributed by atoms with Crippen molar-refractivity contribution in [2.75, 3.05) is 6.61 Å². The molecule has 2 aromatic carbocycles. The molecule has 0 unspecified atom stereocenters. The second-order valence-electron chi connectivity index (χ2n) is 4.60. The minimum atomic E-state index is -0.337. The van der Waals surface area contributed by atoms with Gasteiger partial charge in [-0.1, -0.05) is 0 Å². The number of halogens is 1. The average molecular weight is 285 g/mol. The van der Waals surface area contributed by atoms with E-state index >= 15 is 0 Å². The molecule has 0 aliphatic rings. The van der Waals surface area contributed by atoms with Crippen LogP contribution in [0.4, 0.5) is 4.39 Å². The number of phenolic OH excluding ortho intramolecular Hbond substituents is 1. The SMILES string of the molecule is CCOc1cc(-c2ccc(O)cc2)[o+]c2ccc(F)cc12. The highest BCUT2D eigenvalue weighted by atomic mass is 19.1. The smallest absolute Gasteiger partial charge is 0.364 e. The van der Waals surface area contributed by atoms with E-state index in [1.54, 1.807) is 36.4 Å². The van der Waals surface area contributed by atoms with Crippen LogP contribution in [-0.4, -0.2) is 11.7 Å². The van der Waals surface area contributed by atoms with E-state index in [0.29, 0.717) is 29.1 Å². The largest absolute Gasteiger partial charge is 0.508 e. The third-order valence-electron chi connectivity index (χ3n) is 3.14. The minimum absolute atomic E-state index is 0.187. The first-order chi connectivity index (χ1) is 10.2. The van der Waals surface area contributed by atoms with Crippen molar-refractivity contribution in [1.82, 2.24) is 0 Å². The van der Waals surface area contributed by atoms with Crippen molar-refractivity contribution in [2.45, 2.75) is 6.92 Å². The van der Waals surface area contributed by atoms with Gasteiger partial charge in [0, 0.05) is 6.07 Å². The van der Waals surface area contributed by atoms with Gasteiger partial charge in [0.25, 0.3) is 0 Å². The Balaban J connectivity index is 2.20. The van der Waals surface area contributed by atoms with Gasteiger partial charge in [0.15, 0.2) is 0 Å². The molecule has 4 heteroatoms. The fourth-order valence-corrected chi connectivity index (χ4v) is 2.17. The predicted molar refractivity (Wildman–Crippen MR) is 78.8 cm³/mol. The molecule has 1 heterocycles. The summed E-state index contributed by atoms with van der Waals surface area (Å²) in [7, 11) is 0. The third kappa shape index (κ3) is 2.65. The first-order valence-corrected chi connectivity index (χ1v) is 6.66. The van der Waals surface area contributed by atoms with Crippen LogP contribution >= 0.6 is 0 Å². The normalized spacial score (nSPS) is 10.8. The molecule has 0 saturated carbocycles. The first kappa shape index (κ1) is 13.4. The molecule has 21 heavy (non-hydrogen) atoms. The highest BCUT2D eigenvalue weighted by Crippen LogP contribution is 2.33. The molecular weight excluding hydrogens is 271 g/mol. The maximum atomic E-state index is 13.4. The highest BCUT2D eigenvalue weighted by molar-refractivity contribution is 5.85. The van der Waals surface area contributed by atoms with Crippen molar-refractivity contribution in [3.63, 3.8) is 0 Å². The quantitative estimate of drug-likeness (QED) is 0.713. The van der Waals surface area contributed by atoms with Gasteiger partial charge >= 0.3 is 11.3 Å². The molecule has 3 rings (SSSR count). The number of rotatable bonds is 3. The molecule has 0 saturated heterocycles. The zero-order chi connectivity index (χ0) is 14.8. The molecule has 0 aliphatic heterocycles. The predicted octanol–water partition coefficient (Wildman–Crippen LogP) is 4.62. The second-order valence-corrected chi connectivity index (χ2v) is 4.60. The van der Waals surface area contributed by atoms with Crippen molar-refractivity contribution in [1.29, 1.82) is 0 Å². The summed E-state index contributed by atoms with van der Waals surface area (Å²) in [6, 6.07) is 12.7. The van der Waals surface area contributed by atoms with Gasteiger partial charge in [-0.15, -0.1) is 0 Å². The number of hydrogen-bond donors (Lipinski definition) is 1. The van der Waals surface area contributed by atoms with E-state index < -0.39 is 0 Å². The molecule has 1 N–H and O–H groups in total. The van der Waals surface area contributed by atoms with Crippen LogP contribution in [-0.2, 0) is 0 Å². The lowest BCUT2D eigenvalue weighted by molar-refractivity contribution is 0.342. The molecule has 0 aliphatic carbocycles. The van der Waals surface area contributed by atoms with Gasteiger partial charge in [0.05, 0.1) is 18.2 Å². The van der Waals surface area contributed by atoms with E-state index in [2.05, 4.69) is 0 Å². The van der Waals surface area contributed by atoms with Crippen LogP contribution in [0.1, 0.15) is 6.92 Å². The van der Waals surface area contributed by atoms with Crippen LogP contribution in [0.3, 0.4) is 0 Å². The van der Waals surface area contributed by atoms with Crippen LogP contribution in [0.5, 0.6) is 11.5 Å². The van der Waals surface area contributed by atoms with Crippen molar-refractivity contribution in [3.8, 4) is 22.8 Å². The van der Waals surface area contributed by atoms with E-state index in [0.717, 1.165) is 5.56 Å². The van der Waals surface area contributed by atoms with Crippen molar-refractivity contribution < 1.29 is 18.7 Å². The summed E-state index contributed by atoms with van der Waals surface area (Å²) < 4.78 is 24.8. The number of hydrogen-bond acceptors (Lipinski definition) is 2. The van der Waals surface area contributed by atoms with Crippen molar-refractivity contribution in [2.24, 2.45) is 0 Å². The highest BCUT2D eigenvalue weighted by Gasteiger charge is 2.20. The second kappa shape index (κ2) is 5.40. The van der Waals surface area contributed by atoms with Gasteiger partial charge < -0.3 is 9.84 Å². The maximum absolute atomic E-state index is 13.4. The number of fused-ring (bicyclic) bond motifs is 1. The summed E-state index contributed by atoms with van der Waals surface area (Å²) in [6.45, 7) is 2.35. The Hall–Kier alpha value is -2.62. The molecule has 0 fully saturated rings. The summed E-state index contributed by atoms with van der Waals surface area (Å²) in [5.74, 6) is 1.02. The molecule has 1 aromatic heterocycles. The van der Waals surface area contributed by atoms with Crippen LogP contribution in [0.25, 0.3) is 22.3 Å². The van der Waals surface area contributed by atoms with Gasteiger partial charge in [0.1, 0.15) is 22.7 Å². The lowest BCUT2D eigenvalue weighted by Crippen LogP contribution is -1.94. The van der Waals surface area contributed by atoms with Gasteiger partial charge in [-0.2, -0.15) is 0 Å². The lowest BCUT2D eigenvalue weighted by atomic mass is 10.1. The summed E-state index contributed by atoms with van der Waals surface area (Å²) in [5, 5.41) is 9.94.